The molecule has 17 heavy (non-hydrogen) atoms. The Labute approximate surface area is 108 Å². The topological polar surface area (TPSA) is 45.9 Å². The molecule has 4 heteroatoms. The highest BCUT2D eigenvalue weighted by atomic mass is 79.9. The molecule has 0 aliphatic heterocycles. The SMILES string of the molecule is Cc1ccc(C#N)c(Oc2cccc(Br)c2)n1. The summed E-state index contributed by atoms with van der Waals surface area (Å²) in [6, 6.07) is 13.0. The number of halogens is 1. The van der Waals surface area contributed by atoms with Crippen molar-refractivity contribution in [3.05, 3.63) is 52.1 Å². The van der Waals surface area contributed by atoms with Crippen molar-refractivity contribution < 1.29 is 4.74 Å². The van der Waals surface area contributed by atoms with Crippen LogP contribution in [0.1, 0.15) is 11.3 Å². The fourth-order valence-corrected chi connectivity index (χ4v) is 1.72. The number of hydrogen-bond acceptors (Lipinski definition) is 3. The van der Waals surface area contributed by atoms with E-state index in [0.29, 0.717) is 17.2 Å². The van der Waals surface area contributed by atoms with E-state index < -0.39 is 0 Å². The van der Waals surface area contributed by atoms with Gasteiger partial charge in [-0.05, 0) is 37.3 Å². The number of aromatic nitrogens is 1. The Morgan fingerprint density at radius 3 is 2.82 bits per heavy atom. The van der Waals surface area contributed by atoms with Crippen LogP contribution < -0.4 is 4.74 Å². The summed E-state index contributed by atoms with van der Waals surface area (Å²) in [5, 5.41) is 8.96. The van der Waals surface area contributed by atoms with Crippen LogP contribution >= 0.6 is 15.9 Å². The van der Waals surface area contributed by atoms with Gasteiger partial charge in [0.2, 0.25) is 5.88 Å². The molecule has 0 atom stereocenters. The Morgan fingerprint density at radius 1 is 1.29 bits per heavy atom. The second-order valence-electron chi connectivity index (χ2n) is 3.48. The van der Waals surface area contributed by atoms with Crippen molar-refractivity contribution in [3.63, 3.8) is 0 Å². The summed E-state index contributed by atoms with van der Waals surface area (Å²) >= 11 is 3.36. The summed E-state index contributed by atoms with van der Waals surface area (Å²) in [5.41, 5.74) is 1.24. The van der Waals surface area contributed by atoms with E-state index in [-0.39, 0.29) is 0 Å². The zero-order valence-electron chi connectivity index (χ0n) is 9.14. The van der Waals surface area contributed by atoms with Crippen LogP contribution in [-0.2, 0) is 0 Å². The first-order valence-corrected chi connectivity index (χ1v) is 5.79. The van der Waals surface area contributed by atoms with Crippen LogP contribution in [0.25, 0.3) is 0 Å². The molecule has 2 rings (SSSR count). The van der Waals surface area contributed by atoms with Crippen molar-refractivity contribution in [2.75, 3.05) is 0 Å². The first-order chi connectivity index (χ1) is 8.19. The van der Waals surface area contributed by atoms with Gasteiger partial charge in [-0.2, -0.15) is 5.26 Å². The van der Waals surface area contributed by atoms with E-state index in [4.69, 9.17) is 10.00 Å². The van der Waals surface area contributed by atoms with Crippen molar-refractivity contribution in [1.82, 2.24) is 4.98 Å². The van der Waals surface area contributed by atoms with Crippen molar-refractivity contribution in [1.29, 1.82) is 5.26 Å². The Balaban J connectivity index is 2.36. The Kier molecular flexibility index (Phi) is 3.40. The summed E-state index contributed by atoms with van der Waals surface area (Å²) < 4.78 is 6.52. The van der Waals surface area contributed by atoms with Gasteiger partial charge in [0, 0.05) is 10.2 Å². The second-order valence-corrected chi connectivity index (χ2v) is 4.39. The van der Waals surface area contributed by atoms with E-state index in [1.807, 2.05) is 31.2 Å². The number of rotatable bonds is 2. The molecule has 0 saturated heterocycles. The molecule has 0 spiro atoms. The molecule has 0 aliphatic carbocycles. The molecule has 1 aromatic carbocycles. The number of nitriles is 1. The van der Waals surface area contributed by atoms with E-state index in [1.54, 1.807) is 12.1 Å². The third-order valence-corrected chi connectivity index (χ3v) is 2.62. The highest BCUT2D eigenvalue weighted by Crippen LogP contribution is 2.25. The zero-order valence-corrected chi connectivity index (χ0v) is 10.7. The molecular weight excluding hydrogens is 280 g/mol. The lowest BCUT2D eigenvalue weighted by Gasteiger charge is -2.07. The van der Waals surface area contributed by atoms with Crippen LogP contribution in [0.4, 0.5) is 0 Å². The Hall–Kier alpha value is -1.86. The molecule has 0 amide bonds. The Morgan fingerprint density at radius 2 is 2.12 bits per heavy atom. The molecule has 0 N–H and O–H groups in total. The van der Waals surface area contributed by atoms with Gasteiger partial charge in [-0.1, -0.05) is 22.0 Å². The van der Waals surface area contributed by atoms with Gasteiger partial charge in [0.1, 0.15) is 17.4 Å². The van der Waals surface area contributed by atoms with Gasteiger partial charge in [0.05, 0.1) is 0 Å². The van der Waals surface area contributed by atoms with E-state index in [1.165, 1.54) is 0 Å². The quantitative estimate of drug-likeness (QED) is 0.844. The second kappa shape index (κ2) is 4.98. The molecule has 2 aromatic rings. The molecule has 0 radical (unpaired) electrons. The zero-order chi connectivity index (χ0) is 12.3. The van der Waals surface area contributed by atoms with Gasteiger partial charge in [-0.15, -0.1) is 0 Å². The van der Waals surface area contributed by atoms with Crippen LogP contribution in [-0.4, -0.2) is 4.98 Å². The predicted molar refractivity (Wildman–Crippen MR) is 67.9 cm³/mol. The number of nitrogens with zero attached hydrogens (tertiary/aromatic N) is 2. The maximum Gasteiger partial charge on any atom is 0.237 e. The minimum Gasteiger partial charge on any atom is -0.438 e. The van der Waals surface area contributed by atoms with Gasteiger partial charge in [0.15, 0.2) is 0 Å². The molecule has 3 nitrogen and oxygen atoms in total. The van der Waals surface area contributed by atoms with Crippen molar-refractivity contribution in [2.45, 2.75) is 6.92 Å². The standard InChI is InChI=1S/C13H9BrN2O/c1-9-5-6-10(8-15)13(16-9)17-12-4-2-3-11(14)7-12/h2-7H,1H3. The van der Waals surface area contributed by atoms with Gasteiger partial charge in [-0.3, -0.25) is 0 Å². The first kappa shape index (κ1) is 11.6. The predicted octanol–water partition coefficient (Wildman–Crippen LogP) is 3.82. The van der Waals surface area contributed by atoms with Gasteiger partial charge in [0.25, 0.3) is 0 Å². The summed E-state index contributed by atoms with van der Waals surface area (Å²) in [7, 11) is 0. The molecule has 0 aliphatic rings. The third-order valence-electron chi connectivity index (χ3n) is 2.13. The van der Waals surface area contributed by atoms with Crippen LogP contribution in [0.5, 0.6) is 11.6 Å². The van der Waals surface area contributed by atoms with Crippen LogP contribution in [0, 0.1) is 18.3 Å². The lowest BCUT2D eigenvalue weighted by atomic mass is 10.2. The molecule has 84 valence electrons. The van der Waals surface area contributed by atoms with Gasteiger partial charge in [-0.25, -0.2) is 4.98 Å². The fraction of sp³-hybridized carbons (Fsp3) is 0.0769. The summed E-state index contributed by atoms with van der Waals surface area (Å²) in [4.78, 5) is 4.21. The summed E-state index contributed by atoms with van der Waals surface area (Å²) in [6.07, 6.45) is 0. The molecule has 0 unspecified atom stereocenters. The minimum absolute atomic E-state index is 0.339. The number of benzene rings is 1. The minimum atomic E-state index is 0.339. The average molecular weight is 289 g/mol. The van der Waals surface area contributed by atoms with Crippen LogP contribution in [0.2, 0.25) is 0 Å². The number of pyridine rings is 1. The molecule has 0 bridgehead atoms. The third kappa shape index (κ3) is 2.83. The Bertz CT molecular complexity index is 590. The monoisotopic (exact) mass is 288 g/mol. The highest BCUT2D eigenvalue weighted by molar-refractivity contribution is 9.10. The smallest absolute Gasteiger partial charge is 0.237 e. The largest absolute Gasteiger partial charge is 0.438 e. The summed E-state index contributed by atoms with van der Waals surface area (Å²) in [6.45, 7) is 1.86. The van der Waals surface area contributed by atoms with E-state index in [2.05, 4.69) is 27.0 Å². The summed E-state index contributed by atoms with van der Waals surface area (Å²) in [5.74, 6) is 0.986. The average Bonchev–Trinajstić information content (AvgIpc) is 2.29. The van der Waals surface area contributed by atoms with E-state index >= 15 is 0 Å². The number of ether oxygens (including phenoxy) is 1. The van der Waals surface area contributed by atoms with Crippen molar-refractivity contribution in [3.8, 4) is 17.7 Å². The van der Waals surface area contributed by atoms with E-state index in [0.717, 1.165) is 10.2 Å². The number of hydrogen-bond donors (Lipinski definition) is 0. The molecule has 1 aromatic heterocycles. The first-order valence-electron chi connectivity index (χ1n) is 5.00. The maximum absolute atomic E-state index is 8.96. The maximum atomic E-state index is 8.96. The van der Waals surface area contributed by atoms with E-state index in [9.17, 15) is 0 Å². The van der Waals surface area contributed by atoms with Gasteiger partial charge < -0.3 is 4.74 Å². The highest BCUT2D eigenvalue weighted by Gasteiger charge is 2.06. The van der Waals surface area contributed by atoms with Gasteiger partial charge >= 0.3 is 0 Å². The van der Waals surface area contributed by atoms with Crippen molar-refractivity contribution in [2.24, 2.45) is 0 Å². The van der Waals surface area contributed by atoms with Crippen LogP contribution in [0.3, 0.4) is 0 Å². The molecular formula is C13H9BrN2O. The fourth-order valence-electron chi connectivity index (χ4n) is 1.34. The number of aryl methyl sites for hydroxylation is 1. The molecule has 0 saturated carbocycles. The van der Waals surface area contributed by atoms with Crippen LogP contribution in [0.15, 0.2) is 40.9 Å². The lowest BCUT2D eigenvalue weighted by molar-refractivity contribution is 0.459. The normalized spacial score (nSPS) is 9.71. The molecule has 1 heterocycles. The lowest BCUT2D eigenvalue weighted by Crippen LogP contribution is -1.93. The molecule has 0 fully saturated rings. The van der Waals surface area contributed by atoms with Crippen molar-refractivity contribution >= 4 is 15.9 Å².